The van der Waals surface area contributed by atoms with Crippen LogP contribution in [0.25, 0.3) is 9.88 Å². The Morgan fingerprint density at radius 3 is 2.74 bits per heavy atom. The number of hydrogen-bond donors (Lipinski definition) is 2. The maximum atomic E-state index is 12.8. The van der Waals surface area contributed by atoms with Gasteiger partial charge in [-0.15, -0.1) is 22.7 Å². The summed E-state index contributed by atoms with van der Waals surface area (Å²) >= 11 is 3.06. The van der Waals surface area contributed by atoms with Gasteiger partial charge in [0.25, 0.3) is 5.91 Å². The number of rotatable bonds is 6. The standard InChI is InChI=1S/C21H24N4O3S3/c1-31(27,28)24-15-6-4-11-25(12-10-15)18-8-3-2-7-16(18)22-20(26)17-14-30-21(23-17)19-9-5-13-29-19/h2-3,5,7-9,13-15,24H,4,6,10-12H2,1H3,(H,22,26). The van der Waals surface area contributed by atoms with Crippen molar-refractivity contribution in [3.63, 3.8) is 0 Å². The molecular weight excluding hydrogens is 452 g/mol. The molecule has 1 aromatic carbocycles. The Kier molecular flexibility index (Phi) is 6.71. The Morgan fingerprint density at radius 1 is 1.13 bits per heavy atom. The zero-order valence-corrected chi connectivity index (χ0v) is 19.5. The highest BCUT2D eigenvalue weighted by molar-refractivity contribution is 7.88. The zero-order chi connectivity index (χ0) is 21.8. The van der Waals surface area contributed by atoms with E-state index in [9.17, 15) is 13.2 Å². The van der Waals surface area contributed by atoms with Crippen LogP contribution in [0.3, 0.4) is 0 Å². The van der Waals surface area contributed by atoms with Gasteiger partial charge in [-0.05, 0) is 42.8 Å². The molecule has 1 atom stereocenters. The molecule has 2 N–H and O–H groups in total. The van der Waals surface area contributed by atoms with Gasteiger partial charge in [0, 0.05) is 24.5 Å². The van der Waals surface area contributed by atoms with Gasteiger partial charge in [-0.2, -0.15) is 0 Å². The van der Waals surface area contributed by atoms with E-state index in [1.165, 1.54) is 17.6 Å². The molecule has 10 heteroatoms. The van der Waals surface area contributed by atoms with Crippen molar-refractivity contribution in [2.45, 2.75) is 25.3 Å². The fourth-order valence-corrected chi connectivity index (χ4v) is 6.15. The third kappa shape index (κ3) is 5.70. The second-order valence-corrected chi connectivity index (χ2v) is 11.1. The average molecular weight is 477 g/mol. The molecule has 0 aliphatic carbocycles. The number of benzene rings is 1. The average Bonchev–Trinajstić information content (AvgIpc) is 3.37. The second kappa shape index (κ2) is 9.47. The molecule has 4 rings (SSSR count). The molecule has 1 fully saturated rings. The van der Waals surface area contributed by atoms with Crippen LogP contribution >= 0.6 is 22.7 Å². The minimum Gasteiger partial charge on any atom is -0.370 e. The molecule has 3 heterocycles. The minimum absolute atomic E-state index is 0.0626. The molecule has 3 aromatic rings. The molecule has 2 aromatic heterocycles. The van der Waals surface area contributed by atoms with E-state index in [-0.39, 0.29) is 11.9 Å². The van der Waals surface area contributed by atoms with Crippen LogP contribution < -0.4 is 14.9 Å². The summed E-state index contributed by atoms with van der Waals surface area (Å²) in [7, 11) is -3.22. The van der Waals surface area contributed by atoms with Gasteiger partial charge in [-0.1, -0.05) is 18.2 Å². The first-order chi connectivity index (χ1) is 14.9. The van der Waals surface area contributed by atoms with Gasteiger partial charge >= 0.3 is 0 Å². The number of carbonyl (C=O) groups is 1. The van der Waals surface area contributed by atoms with Crippen molar-refractivity contribution in [1.29, 1.82) is 0 Å². The molecule has 1 aliphatic rings. The van der Waals surface area contributed by atoms with Crippen molar-refractivity contribution >= 4 is 50.0 Å². The van der Waals surface area contributed by atoms with Crippen molar-refractivity contribution in [3.8, 4) is 9.88 Å². The fourth-order valence-electron chi connectivity index (χ4n) is 3.69. The normalized spacial score (nSPS) is 17.3. The summed E-state index contributed by atoms with van der Waals surface area (Å²) in [4.78, 5) is 20.6. The number of amides is 1. The molecule has 1 unspecified atom stereocenters. The Balaban J connectivity index is 1.47. The second-order valence-electron chi connectivity index (χ2n) is 7.49. The topological polar surface area (TPSA) is 91.4 Å². The van der Waals surface area contributed by atoms with Crippen LogP contribution in [0, 0.1) is 0 Å². The Labute approximate surface area is 190 Å². The van der Waals surface area contributed by atoms with Gasteiger partial charge in [0.15, 0.2) is 0 Å². The lowest BCUT2D eigenvalue weighted by Crippen LogP contribution is -2.35. The Hall–Kier alpha value is -2.27. The van der Waals surface area contributed by atoms with Crippen molar-refractivity contribution in [2.75, 3.05) is 29.6 Å². The zero-order valence-electron chi connectivity index (χ0n) is 17.1. The maximum Gasteiger partial charge on any atom is 0.275 e. The summed E-state index contributed by atoms with van der Waals surface area (Å²) < 4.78 is 25.9. The lowest BCUT2D eigenvalue weighted by atomic mass is 10.1. The van der Waals surface area contributed by atoms with E-state index in [1.54, 1.807) is 16.7 Å². The minimum atomic E-state index is -3.22. The summed E-state index contributed by atoms with van der Waals surface area (Å²) in [6.07, 6.45) is 3.57. The molecule has 0 radical (unpaired) electrons. The highest BCUT2D eigenvalue weighted by Crippen LogP contribution is 2.30. The van der Waals surface area contributed by atoms with Crippen LogP contribution in [0.2, 0.25) is 0 Å². The highest BCUT2D eigenvalue weighted by Gasteiger charge is 2.22. The molecule has 0 bridgehead atoms. The van der Waals surface area contributed by atoms with Crippen LogP contribution in [0.5, 0.6) is 0 Å². The molecule has 1 saturated heterocycles. The van der Waals surface area contributed by atoms with Crippen LogP contribution in [0.1, 0.15) is 29.8 Å². The highest BCUT2D eigenvalue weighted by atomic mass is 32.2. The SMILES string of the molecule is CS(=O)(=O)NC1CCCN(c2ccccc2NC(=O)c2csc(-c3cccs3)n2)CC1. The number of nitrogens with zero attached hydrogens (tertiary/aromatic N) is 2. The van der Waals surface area contributed by atoms with Crippen LogP contribution in [0.15, 0.2) is 47.2 Å². The third-order valence-corrected chi connectivity index (χ3v) is 7.71. The predicted molar refractivity (Wildman–Crippen MR) is 128 cm³/mol. The molecular formula is C21H24N4O3S3. The molecule has 164 valence electrons. The Bertz CT molecular complexity index is 1140. The van der Waals surface area contributed by atoms with Crippen LogP contribution in [-0.4, -0.2) is 44.7 Å². The lowest BCUT2D eigenvalue weighted by Gasteiger charge is -2.25. The number of carbonyl (C=O) groups excluding carboxylic acids is 1. The van der Waals surface area contributed by atoms with Crippen molar-refractivity contribution in [3.05, 3.63) is 52.9 Å². The number of nitrogens with one attached hydrogen (secondary N) is 2. The summed E-state index contributed by atoms with van der Waals surface area (Å²) in [5, 5.41) is 7.61. The molecule has 31 heavy (non-hydrogen) atoms. The largest absolute Gasteiger partial charge is 0.370 e. The first-order valence-electron chi connectivity index (χ1n) is 10.0. The number of thiazole rings is 1. The fraction of sp³-hybridized carbons (Fsp3) is 0.333. The molecule has 0 saturated carbocycles. The smallest absolute Gasteiger partial charge is 0.275 e. The quantitative estimate of drug-likeness (QED) is 0.560. The van der Waals surface area contributed by atoms with E-state index in [1.807, 2.05) is 41.8 Å². The first-order valence-corrected chi connectivity index (χ1v) is 13.7. The molecule has 7 nitrogen and oxygen atoms in total. The van der Waals surface area contributed by atoms with Gasteiger partial charge < -0.3 is 10.2 Å². The van der Waals surface area contributed by atoms with E-state index in [4.69, 9.17) is 0 Å². The molecule has 0 spiro atoms. The van der Waals surface area contributed by atoms with Crippen molar-refractivity contribution in [1.82, 2.24) is 9.71 Å². The van der Waals surface area contributed by atoms with E-state index in [2.05, 4.69) is 19.9 Å². The number of sulfonamides is 1. The first kappa shape index (κ1) is 21.9. The predicted octanol–water partition coefficient (Wildman–Crippen LogP) is 4.03. The van der Waals surface area contributed by atoms with Gasteiger partial charge in [0.1, 0.15) is 10.7 Å². The number of aromatic nitrogens is 1. The van der Waals surface area contributed by atoms with E-state index in [0.717, 1.165) is 40.6 Å². The number of thiophene rings is 1. The Morgan fingerprint density at radius 2 is 1.97 bits per heavy atom. The van der Waals surface area contributed by atoms with Gasteiger partial charge in [-0.25, -0.2) is 18.1 Å². The van der Waals surface area contributed by atoms with Gasteiger partial charge in [0.2, 0.25) is 10.0 Å². The number of para-hydroxylation sites is 2. The van der Waals surface area contributed by atoms with E-state index >= 15 is 0 Å². The van der Waals surface area contributed by atoms with E-state index < -0.39 is 10.0 Å². The third-order valence-electron chi connectivity index (χ3n) is 5.07. The summed E-state index contributed by atoms with van der Waals surface area (Å²) in [6.45, 7) is 1.51. The van der Waals surface area contributed by atoms with Gasteiger partial charge in [0.05, 0.1) is 22.5 Å². The van der Waals surface area contributed by atoms with Crippen molar-refractivity contribution < 1.29 is 13.2 Å². The van der Waals surface area contributed by atoms with Crippen LogP contribution in [-0.2, 0) is 10.0 Å². The maximum absolute atomic E-state index is 12.8. The number of hydrogen-bond acceptors (Lipinski definition) is 7. The van der Waals surface area contributed by atoms with E-state index in [0.29, 0.717) is 18.7 Å². The summed E-state index contributed by atoms with van der Waals surface area (Å²) in [5.74, 6) is -0.238. The molecule has 1 aliphatic heterocycles. The van der Waals surface area contributed by atoms with Gasteiger partial charge in [-0.3, -0.25) is 4.79 Å². The lowest BCUT2D eigenvalue weighted by molar-refractivity contribution is 0.102. The molecule has 1 amide bonds. The number of anilines is 2. The van der Waals surface area contributed by atoms with Crippen LogP contribution in [0.4, 0.5) is 11.4 Å². The summed E-state index contributed by atoms with van der Waals surface area (Å²) in [5.41, 5.74) is 2.06. The van der Waals surface area contributed by atoms with Crippen molar-refractivity contribution in [2.24, 2.45) is 0 Å². The summed E-state index contributed by atoms with van der Waals surface area (Å²) in [6, 6.07) is 11.6. The monoisotopic (exact) mass is 476 g/mol.